The minimum absolute atomic E-state index is 0.216. The van der Waals surface area contributed by atoms with E-state index in [1.54, 1.807) is 13.8 Å². The van der Waals surface area contributed by atoms with Crippen molar-refractivity contribution in [1.29, 1.82) is 0 Å². The third-order valence-electron chi connectivity index (χ3n) is 3.46. The molecule has 0 bridgehead atoms. The number of aldehydes is 1. The van der Waals surface area contributed by atoms with Gasteiger partial charge in [0.05, 0.1) is 11.3 Å². The van der Waals surface area contributed by atoms with Crippen molar-refractivity contribution in [1.82, 2.24) is 4.98 Å². The number of anilines is 2. The number of carbonyl (C=O) groups excluding carboxylic acids is 2. The zero-order valence-corrected chi connectivity index (χ0v) is 12.7. The van der Waals surface area contributed by atoms with Gasteiger partial charge in [-0.3, -0.25) is 9.59 Å². The van der Waals surface area contributed by atoms with E-state index >= 15 is 0 Å². The van der Waals surface area contributed by atoms with Gasteiger partial charge in [0.15, 0.2) is 6.29 Å². The number of benzene rings is 1. The summed E-state index contributed by atoms with van der Waals surface area (Å²) in [6.45, 7) is 3.54. The lowest BCUT2D eigenvalue weighted by Crippen LogP contribution is -2.14. The number of aromatic amines is 1. The van der Waals surface area contributed by atoms with E-state index in [2.05, 4.69) is 10.3 Å². The van der Waals surface area contributed by atoms with E-state index in [1.165, 1.54) is 0 Å². The summed E-state index contributed by atoms with van der Waals surface area (Å²) in [4.78, 5) is 28.2. The Bertz CT molecular complexity index is 670. The van der Waals surface area contributed by atoms with Crippen molar-refractivity contribution in [2.75, 3.05) is 24.3 Å². The van der Waals surface area contributed by atoms with E-state index in [1.807, 2.05) is 43.3 Å². The number of nitrogens with zero attached hydrogens (tertiary/aromatic N) is 1. The zero-order chi connectivity index (χ0) is 15.6. The van der Waals surface area contributed by atoms with Gasteiger partial charge in [-0.15, -0.1) is 0 Å². The topological polar surface area (TPSA) is 65.2 Å². The molecule has 1 heterocycles. The summed E-state index contributed by atoms with van der Waals surface area (Å²) in [5.74, 6) is -0.216. The Kier molecular flexibility index (Phi) is 4.12. The average molecular weight is 285 g/mol. The number of aryl methyl sites for hydroxylation is 1. The molecule has 0 unspecified atom stereocenters. The number of carbonyl (C=O) groups is 2. The molecular weight excluding hydrogens is 266 g/mol. The van der Waals surface area contributed by atoms with Gasteiger partial charge >= 0.3 is 0 Å². The van der Waals surface area contributed by atoms with Crippen molar-refractivity contribution in [3.8, 4) is 0 Å². The van der Waals surface area contributed by atoms with Crippen molar-refractivity contribution in [3.63, 3.8) is 0 Å². The van der Waals surface area contributed by atoms with Gasteiger partial charge < -0.3 is 15.2 Å². The zero-order valence-electron chi connectivity index (χ0n) is 12.7. The predicted molar refractivity (Wildman–Crippen MR) is 84.4 cm³/mol. The van der Waals surface area contributed by atoms with Gasteiger partial charge in [0.2, 0.25) is 0 Å². The van der Waals surface area contributed by atoms with E-state index in [-0.39, 0.29) is 5.91 Å². The summed E-state index contributed by atoms with van der Waals surface area (Å²) >= 11 is 0. The molecule has 0 saturated heterocycles. The van der Waals surface area contributed by atoms with Crippen LogP contribution in [0.3, 0.4) is 0 Å². The summed E-state index contributed by atoms with van der Waals surface area (Å²) < 4.78 is 0. The molecule has 21 heavy (non-hydrogen) atoms. The minimum atomic E-state index is -0.216. The highest BCUT2D eigenvalue weighted by Gasteiger charge is 2.17. The van der Waals surface area contributed by atoms with Gasteiger partial charge in [-0.05, 0) is 43.7 Å². The van der Waals surface area contributed by atoms with Crippen LogP contribution in [-0.4, -0.2) is 31.3 Å². The Morgan fingerprint density at radius 1 is 1.19 bits per heavy atom. The van der Waals surface area contributed by atoms with Crippen molar-refractivity contribution >= 4 is 23.6 Å². The molecule has 1 aromatic heterocycles. The Morgan fingerprint density at radius 3 is 2.29 bits per heavy atom. The molecule has 2 rings (SSSR count). The van der Waals surface area contributed by atoms with Crippen LogP contribution in [0.1, 0.15) is 32.1 Å². The minimum Gasteiger partial charge on any atom is -0.378 e. The van der Waals surface area contributed by atoms with E-state index < -0.39 is 0 Å². The molecule has 5 heteroatoms. The Labute approximate surface area is 124 Å². The first-order valence-electron chi connectivity index (χ1n) is 6.67. The van der Waals surface area contributed by atoms with Crippen LogP contribution in [0.5, 0.6) is 0 Å². The molecule has 0 fully saturated rings. The summed E-state index contributed by atoms with van der Waals surface area (Å²) in [5, 5.41) is 2.85. The second kappa shape index (κ2) is 5.83. The molecular formula is C16H19N3O2. The molecule has 0 atom stereocenters. The maximum absolute atomic E-state index is 12.3. The molecule has 5 nitrogen and oxygen atoms in total. The Morgan fingerprint density at radius 2 is 1.81 bits per heavy atom. The number of hydrogen-bond acceptors (Lipinski definition) is 3. The maximum Gasteiger partial charge on any atom is 0.257 e. The highest BCUT2D eigenvalue weighted by Crippen LogP contribution is 2.20. The number of aromatic nitrogens is 1. The molecule has 110 valence electrons. The maximum atomic E-state index is 12.3. The molecule has 0 aliphatic heterocycles. The Hall–Kier alpha value is -2.56. The van der Waals surface area contributed by atoms with Crippen molar-refractivity contribution in [3.05, 3.63) is 46.8 Å². The third-order valence-corrected chi connectivity index (χ3v) is 3.46. The van der Waals surface area contributed by atoms with Crippen LogP contribution in [0.25, 0.3) is 0 Å². The number of hydrogen-bond donors (Lipinski definition) is 2. The van der Waals surface area contributed by atoms with Gasteiger partial charge in [0.25, 0.3) is 5.91 Å². The van der Waals surface area contributed by atoms with Crippen LogP contribution >= 0.6 is 0 Å². The smallest absolute Gasteiger partial charge is 0.257 e. The fraction of sp³-hybridized carbons (Fsp3) is 0.250. The largest absolute Gasteiger partial charge is 0.378 e. The molecule has 0 saturated carbocycles. The number of rotatable bonds is 4. The SMILES string of the molecule is Cc1[nH]c(C=O)c(C)c1C(=O)Nc1ccc(N(C)C)cc1. The van der Waals surface area contributed by atoms with Crippen LogP contribution in [0.2, 0.25) is 0 Å². The van der Waals surface area contributed by atoms with Gasteiger partial charge in [-0.2, -0.15) is 0 Å². The first-order valence-corrected chi connectivity index (χ1v) is 6.67. The van der Waals surface area contributed by atoms with Gasteiger partial charge in [0, 0.05) is 31.2 Å². The molecule has 0 aliphatic rings. The van der Waals surface area contributed by atoms with E-state index in [0.717, 1.165) is 17.7 Å². The monoisotopic (exact) mass is 285 g/mol. The van der Waals surface area contributed by atoms with Crippen LogP contribution < -0.4 is 10.2 Å². The molecule has 0 spiro atoms. The molecule has 1 amide bonds. The highest BCUT2D eigenvalue weighted by atomic mass is 16.1. The standard InChI is InChI=1S/C16H19N3O2/c1-10-14(9-20)17-11(2)15(10)16(21)18-12-5-7-13(8-6-12)19(3)4/h5-9,17H,1-4H3,(H,18,21). The van der Waals surface area contributed by atoms with Gasteiger partial charge in [-0.1, -0.05) is 0 Å². The lowest BCUT2D eigenvalue weighted by Gasteiger charge is -2.13. The second-order valence-electron chi connectivity index (χ2n) is 5.18. The molecule has 2 aromatic rings. The fourth-order valence-electron chi connectivity index (χ4n) is 2.27. The van der Waals surface area contributed by atoms with Crippen molar-refractivity contribution in [2.45, 2.75) is 13.8 Å². The summed E-state index contributed by atoms with van der Waals surface area (Å²) in [7, 11) is 3.92. The number of H-pyrrole nitrogens is 1. The normalized spacial score (nSPS) is 10.3. The third kappa shape index (κ3) is 2.97. The molecule has 2 N–H and O–H groups in total. The van der Waals surface area contributed by atoms with Crippen LogP contribution in [0.15, 0.2) is 24.3 Å². The first kappa shape index (κ1) is 14.8. The van der Waals surface area contributed by atoms with Gasteiger partial charge in [0.1, 0.15) is 0 Å². The van der Waals surface area contributed by atoms with E-state index in [9.17, 15) is 9.59 Å². The fourth-order valence-corrected chi connectivity index (χ4v) is 2.27. The highest BCUT2D eigenvalue weighted by molar-refractivity contribution is 6.07. The van der Waals surface area contributed by atoms with Crippen molar-refractivity contribution < 1.29 is 9.59 Å². The summed E-state index contributed by atoms with van der Waals surface area (Å²) in [6, 6.07) is 7.57. The first-order chi connectivity index (χ1) is 9.93. The quantitative estimate of drug-likeness (QED) is 0.849. The Balaban J connectivity index is 2.22. The van der Waals surface area contributed by atoms with Crippen LogP contribution in [-0.2, 0) is 0 Å². The molecule has 0 radical (unpaired) electrons. The lowest BCUT2D eigenvalue weighted by molar-refractivity contribution is 0.102. The lowest BCUT2D eigenvalue weighted by atomic mass is 10.1. The van der Waals surface area contributed by atoms with Crippen LogP contribution in [0.4, 0.5) is 11.4 Å². The van der Waals surface area contributed by atoms with E-state index in [0.29, 0.717) is 22.5 Å². The van der Waals surface area contributed by atoms with Crippen molar-refractivity contribution in [2.24, 2.45) is 0 Å². The summed E-state index contributed by atoms with van der Waals surface area (Å²) in [5.41, 5.74) is 4.11. The van der Waals surface area contributed by atoms with E-state index in [4.69, 9.17) is 0 Å². The molecule has 1 aromatic carbocycles. The second-order valence-corrected chi connectivity index (χ2v) is 5.18. The number of amides is 1. The summed E-state index contributed by atoms with van der Waals surface area (Å²) in [6.07, 6.45) is 0.727. The van der Waals surface area contributed by atoms with Gasteiger partial charge in [-0.25, -0.2) is 0 Å². The van der Waals surface area contributed by atoms with Crippen LogP contribution in [0, 0.1) is 13.8 Å². The average Bonchev–Trinajstić information content (AvgIpc) is 2.73. The molecule has 0 aliphatic carbocycles. The predicted octanol–water partition coefficient (Wildman–Crippen LogP) is 2.76. The number of nitrogens with one attached hydrogen (secondary N) is 2.